The second-order valence-corrected chi connectivity index (χ2v) is 6.89. The summed E-state index contributed by atoms with van der Waals surface area (Å²) < 4.78 is 43.0. The molecule has 0 unspecified atom stereocenters. The Morgan fingerprint density at radius 2 is 1.75 bits per heavy atom. The second-order valence-electron chi connectivity index (χ2n) is 5.37. The first kappa shape index (κ1) is 19.0. The largest absolute Gasteiger partial charge is 0.399 e. The average molecular weight is 365 g/mol. The number of ether oxygens (including phenoxy) is 2. The van der Waals surface area contributed by atoms with Crippen molar-refractivity contribution in [1.82, 2.24) is 0 Å². The topological polar surface area (TPSA) is 180 Å². The van der Waals surface area contributed by atoms with E-state index in [2.05, 4.69) is 0 Å². The quantitative estimate of drug-likeness (QED) is 0.248. The number of anilines is 1. The van der Waals surface area contributed by atoms with Crippen molar-refractivity contribution in [2.24, 2.45) is 0 Å². The number of hydrogen-bond donors (Lipinski definition) is 6. The zero-order valence-electron chi connectivity index (χ0n) is 12.4. The maximum Gasteiger partial charge on any atom is 0.330 e. The third kappa shape index (κ3) is 3.38. The van der Waals surface area contributed by atoms with Crippen molar-refractivity contribution in [3.63, 3.8) is 0 Å². The van der Waals surface area contributed by atoms with Gasteiger partial charge in [-0.05, 0) is 17.7 Å². The smallest absolute Gasteiger partial charge is 0.330 e. The molecular weight excluding hydrogens is 346 g/mol. The summed E-state index contributed by atoms with van der Waals surface area (Å²) in [6.07, 6.45) is -7.74. The highest BCUT2D eigenvalue weighted by atomic mass is 32.2. The molecule has 0 aliphatic carbocycles. The molecule has 0 aromatic heterocycles. The summed E-state index contributed by atoms with van der Waals surface area (Å²) in [5.74, 6) is 0. The van der Waals surface area contributed by atoms with E-state index >= 15 is 0 Å². The maximum absolute atomic E-state index is 11.8. The van der Waals surface area contributed by atoms with Gasteiger partial charge in [-0.3, -0.25) is 4.55 Å². The third-order valence-corrected chi connectivity index (χ3v) is 4.87. The number of hydrogen-bond acceptors (Lipinski definition) is 9. The van der Waals surface area contributed by atoms with Crippen LogP contribution in [0.4, 0.5) is 5.69 Å². The van der Waals surface area contributed by atoms with Crippen molar-refractivity contribution in [1.29, 1.82) is 0 Å². The standard InChI is InChI=1S/C13H19NO9S/c14-8-3-1-7(2-4-8)6-22-13(24(19,20)21)12(18)11(17)10(16)9(5-15)23-13/h1-4,9-12,15-18H,5-6,14H2,(H,19,20,21)/t9-,10+,11+,12-,13+/m0/s1. The molecule has 0 spiro atoms. The highest BCUT2D eigenvalue weighted by molar-refractivity contribution is 7.87. The molecule has 1 heterocycles. The van der Waals surface area contributed by atoms with E-state index in [1.807, 2.05) is 0 Å². The number of aliphatic hydroxyl groups excluding tert-OH is 4. The van der Waals surface area contributed by atoms with Crippen molar-refractivity contribution < 1.29 is 42.9 Å². The van der Waals surface area contributed by atoms with Gasteiger partial charge < -0.3 is 35.6 Å². The summed E-state index contributed by atoms with van der Waals surface area (Å²) in [6, 6.07) is 6.06. The first-order valence-corrected chi connectivity index (χ1v) is 8.34. The molecule has 11 heteroatoms. The highest BCUT2D eigenvalue weighted by Crippen LogP contribution is 2.36. The van der Waals surface area contributed by atoms with E-state index in [1.165, 1.54) is 24.3 Å². The number of benzene rings is 1. The van der Waals surface area contributed by atoms with E-state index in [0.717, 1.165) is 0 Å². The van der Waals surface area contributed by atoms with Gasteiger partial charge in [-0.1, -0.05) is 12.1 Å². The molecule has 5 atom stereocenters. The van der Waals surface area contributed by atoms with Crippen molar-refractivity contribution in [2.75, 3.05) is 12.3 Å². The van der Waals surface area contributed by atoms with Gasteiger partial charge in [0.25, 0.3) is 0 Å². The summed E-state index contributed by atoms with van der Waals surface area (Å²) in [7, 11) is -5.22. The number of nitrogen functional groups attached to an aromatic ring is 1. The van der Waals surface area contributed by atoms with Crippen LogP contribution in [0.25, 0.3) is 0 Å². The van der Waals surface area contributed by atoms with E-state index < -0.39 is 52.9 Å². The zero-order chi connectivity index (χ0) is 18.1. The molecule has 136 valence electrons. The fourth-order valence-electron chi connectivity index (χ4n) is 2.32. The van der Waals surface area contributed by atoms with Gasteiger partial charge in [0.2, 0.25) is 0 Å². The lowest BCUT2D eigenvalue weighted by atomic mass is 9.99. The van der Waals surface area contributed by atoms with E-state index in [4.69, 9.17) is 20.3 Å². The molecule has 1 saturated heterocycles. The Morgan fingerprint density at radius 1 is 1.17 bits per heavy atom. The Balaban J connectivity index is 2.34. The summed E-state index contributed by atoms with van der Waals surface area (Å²) >= 11 is 0. The van der Waals surface area contributed by atoms with Gasteiger partial charge in [-0.15, -0.1) is 0 Å². The van der Waals surface area contributed by atoms with Crippen molar-refractivity contribution >= 4 is 15.8 Å². The molecule has 24 heavy (non-hydrogen) atoms. The first-order chi connectivity index (χ1) is 11.1. The Morgan fingerprint density at radius 3 is 2.25 bits per heavy atom. The van der Waals surface area contributed by atoms with E-state index in [-0.39, 0.29) is 0 Å². The van der Waals surface area contributed by atoms with Gasteiger partial charge >= 0.3 is 15.2 Å². The fraction of sp³-hybridized carbons (Fsp3) is 0.538. The number of nitrogens with two attached hydrogens (primary N) is 1. The minimum atomic E-state index is -5.22. The molecule has 10 nitrogen and oxygen atoms in total. The predicted molar refractivity (Wildman–Crippen MR) is 79.9 cm³/mol. The van der Waals surface area contributed by atoms with E-state index in [1.54, 1.807) is 0 Å². The van der Waals surface area contributed by atoms with E-state index in [0.29, 0.717) is 11.3 Å². The molecule has 0 saturated carbocycles. The Bertz CT molecular complexity index is 663. The SMILES string of the molecule is Nc1ccc(CO[C@@]2(S(=O)(=O)O)O[C@@H](CO)[C@@H](O)[C@@H](O)[C@@H]2O)cc1. The first-order valence-electron chi connectivity index (χ1n) is 6.90. The normalized spacial score (nSPS) is 34.2. The third-order valence-electron chi connectivity index (χ3n) is 3.69. The van der Waals surface area contributed by atoms with Crippen LogP contribution < -0.4 is 5.73 Å². The molecule has 1 aromatic rings. The van der Waals surface area contributed by atoms with Crippen molar-refractivity contribution in [3.8, 4) is 0 Å². The molecular formula is C13H19NO9S. The van der Waals surface area contributed by atoms with E-state index in [9.17, 15) is 28.3 Å². The van der Waals surface area contributed by atoms with Gasteiger partial charge in [0.1, 0.15) is 18.3 Å². The van der Waals surface area contributed by atoms with Gasteiger partial charge in [-0.25, -0.2) is 0 Å². The summed E-state index contributed by atoms with van der Waals surface area (Å²) in [4.78, 5) is 0. The summed E-state index contributed by atoms with van der Waals surface area (Å²) in [6.45, 7) is -1.31. The monoisotopic (exact) mass is 365 g/mol. The van der Waals surface area contributed by atoms with Crippen LogP contribution in [-0.4, -0.2) is 69.5 Å². The minimum Gasteiger partial charge on any atom is -0.399 e. The van der Waals surface area contributed by atoms with Gasteiger partial charge in [0.05, 0.1) is 13.2 Å². The molecule has 0 radical (unpaired) electrons. The molecule has 1 aliphatic rings. The van der Waals surface area contributed by atoms with Gasteiger partial charge in [-0.2, -0.15) is 8.42 Å². The Hall–Kier alpha value is -1.31. The summed E-state index contributed by atoms with van der Waals surface area (Å²) in [5, 5.41) is 35.6. The lowest BCUT2D eigenvalue weighted by Gasteiger charge is -2.45. The molecule has 1 fully saturated rings. The Kier molecular flexibility index (Phi) is 5.47. The summed E-state index contributed by atoms with van der Waals surface area (Å²) in [5.41, 5.74) is 6.41. The molecule has 0 amide bonds. The van der Waals surface area contributed by atoms with Crippen LogP contribution in [0.1, 0.15) is 5.56 Å². The van der Waals surface area contributed by atoms with Crippen LogP contribution in [-0.2, 0) is 26.2 Å². The van der Waals surface area contributed by atoms with Crippen LogP contribution >= 0.6 is 0 Å². The second kappa shape index (κ2) is 6.90. The Labute approximate surface area is 137 Å². The molecule has 1 aliphatic heterocycles. The van der Waals surface area contributed by atoms with Crippen molar-refractivity contribution in [3.05, 3.63) is 29.8 Å². The number of aliphatic hydroxyl groups is 4. The van der Waals surface area contributed by atoms with Crippen LogP contribution in [0.15, 0.2) is 24.3 Å². The highest BCUT2D eigenvalue weighted by Gasteiger charge is 2.62. The van der Waals surface area contributed by atoms with Gasteiger partial charge in [0.15, 0.2) is 6.10 Å². The van der Waals surface area contributed by atoms with Crippen molar-refractivity contribution in [2.45, 2.75) is 36.1 Å². The molecule has 0 bridgehead atoms. The number of rotatable bonds is 5. The minimum absolute atomic E-state index is 0.432. The maximum atomic E-state index is 11.8. The average Bonchev–Trinajstić information content (AvgIpc) is 2.53. The zero-order valence-corrected chi connectivity index (χ0v) is 13.2. The lowest BCUT2D eigenvalue weighted by Crippen LogP contribution is -2.68. The molecule has 2 rings (SSSR count). The fourth-order valence-corrected chi connectivity index (χ4v) is 3.21. The van der Waals surface area contributed by atoms with Crippen LogP contribution in [0.5, 0.6) is 0 Å². The van der Waals surface area contributed by atoms with Crippen LogP contribution in [0.3, 0.4) is 0 Å². The predicted octanol–water partition coefficient (Wildman–Crippen LogP) is -2.20. The van der Waals surface area contributed by atoms with Crippen LogP contribution in [0, 0.1) is 0 Å². The molecule has 1 aromatic carbocycles. The van der Waals surface area contributed by atoms with Gasteiger partial charge in [0, 0.05) is 5.69 Å². The molecule has 7 N–H and O–H groups in total. The van der Waals surface area contributed by atoms with Crippen LogP contribution in [0.2, 0.25) is 0 Å². The lowest BCUT2D eigenvalue weighted by molar-refractivity contribution is -0.329.